The van der Waals surface area contributed by atoms with E-state index in [0.29, 0.717) is 29.2 Å². The van der Waals surface area contributed by atoms with Crippen molar-refractivity contribution in [2.75, 3.05) is 21.3 Å². The molecule has 1 atom stereocenters. The van der Waals surface area contributed by atoms with Gasteiger partial charge in [-0.1, -0.05) is 30.3 Å². The maximum Gasteiger partial charge on any atom is 0.245 e. The van der Waals surface area contributed by atoms with Crippen LogP contribution in [0.3, 0.4) is 0 Å². The molecule has 0 aromatic heterocycles. The Morgan fingerprint density at radius 2 is 1.64 bits per heavy atom. The fraction of sp³-hybridized carbons (Fsp3) is 0.263. The first-order valence-electron chi connectivity index (χ1n) is 7.89. The van der Waals surface area contributed by atoms with Crippen LogP contribution in [0.2, 0.25) is 0 Å². The van der Waals surface area contributed by atoms with Crippen molar-refractivity contribution in [1.29, 1.82) is 0 Å². The van der Waals surface area contributed by atoms with E-state index in [1.165, 1.54) is 5.01 Å². The summed E-state index contributed by atoms with van der Waals surface area (Å²) in [6.07, 6.45) is 2.07. The summed E-state index contributed by atoms with van der Waals surface area (Å²) in [6.45, 7) is 0. The normalized spacial score (nSPS) is 16.7. The standard InChI is InChI=1S/C19H20N2O4/c1-23-16-11-18(25-3)17(24-2)9-14(16)12-20-21-15(10-19(21)22)13-7-5-4-6-8-13/h4-9,11-12,15H,10H2,1-3H3/b20-12-/t15-/m1/s1. The van der Waals surface area contributed by atoms with E-state index in [1.54, 1.807) is 39.7 Å². The fourth-order valence-electron chi connectivity index (χ4n) is 2.76. The zero-order chi connectivity index (χ0) is 17.8. The number of hydrazone groups is 1. The monoisotopic (exact) mass is 340 g/mol. The van der Waals surface area contributed by atoms with Gasteiger partial charge in [-0.2, -0.15) is 5.10 Å². The highest BCUT2D eigenvalue weighted by molar-refractivity contribution is 5.88. The van der Waals surface area contributed by atoms with Crippen LogP contribution in [0.25, 0.3) is 0 Å². The summed E-state index contributed by atoms with van der Waals surface area (Å²) in [4.78, 5) is 11.9. The van der Waals surface area contributed by atoms with E-state index in [9.17, 15) is 4.79 Å². The maximum atomic E-state index is 11.9. The van der Waals surface area contributed by atoms with Gasteiger partial charge in [0, 0.05) is 11.6 Å². The average molecular weight is 340 g/mol. The van der Waals surface area contributed by atoms with Crippen molar-refractivity contribution in [2.24, 2.45) is 5.10 Å². The lowest BCUT2D eigenvalue weighted by atomic mass is 9.96. The minimum absolute atomic E-state index is 0.00968. The van der Waals surface area contributed by atoms with Crippen molar-refractivity contribution in [3.63, 3.8) is 0 Å². The number of benzene rings is 2. The number of amides is 1. The van der Waals surface area contributed by atoms with Crippen molar-refractivity contribution in [1.82, 2.24) is 5.01 Å². The molecular weight excluding hydrogens is 320 g/mol. The highest BCUT2D eigenvalue weighted by Gasteiger charge is 2.37. The summed E-state index contributed by atoms with van der Waals surface area (Å²) in [5.74, 6) is 1.72. The maximum absolute atomic E-state index is 11.9. The van der Waals surface area contributed by atoms with Crippen LogP contribution in [0, 0.1) is 0 Å². The Bertz CT molecular complexity index is 790. The Hall–Kier alpha value is -3.02. The molecule has 0 N–H and O–H groups in total. The number of methoxy groups -OCH3 is 3. The third-order valence-electron chi connectivity index (χ3n) is 4.16. The van der Waals surface area contributed by atoms with Gasteiger partial charge in [-0.05, 0) is 11.6 Å². The van der Waals surface area contributed by atoms with Crippen LogP contribution in [0.15, 0.2) is 47.6 Å². The van der Waals surface area contributed by atoms with Crippen molar-refractivity contribution >= 4 is 12.1 Å². The second-order valence-corrected chi connectivity index (χ2v) is 5.56. The van der Waals surface area contributed by atoms with Gasteiger partial charge in [-0.15, -0.1) is 0 Å². The molecule has 1 amide bonds. The third-order valence-corrected chi connectivity index (χ3v) is 4.16. The molecular formula is C19H20N2O4. The molecule has 1 aliphatic heterocycles. The lowest BCUT2D eigenvalue weighted by Gasteiger charge is -2.36. The van der Waals surface area contributed by atoms with Crippen molar-refractivity contribution in [3.8, 4) is 17.2 Å². The second kappa shape index (κ2) is 7.25. The molecule has 0 spiro atoms. The Labute approximate surface area is 146 Å². The van der Waals surface area contributed by atoms with Crippen LogP contribution in [0.5, 0.6) is 17.2 Å². The Morgan fingerprint density at radius 1 is 1.00 bits per heavy atom. The van der Waals surface area contributed by atoms with Gasteiger partial charge in [-0.3, -0.25) is 4.79 Å². The van der Waals surface area contributed by atoms with Crippen LogP contribution in [-0.4, -0.2) is 38.5 Å². The van der Waals surface area contributed by atoms with Gasteiger partial charge in [0.2, 0.25) is 5.91 Å². The first-order valence-corrected chi connectivity index (χ1v) is 7.89. The van der Waals surface area contributed by atoms with Crippen LogP contribution in [-0.2, 0) is 4.79 Å². The molecule has 0 bridgehead atoms. The van der Waals surface area contributed by atoms with Crippen molar-refractivity contribution in [2.45, 2.75) is 12.5 Å². The Balaban J connectivity index is 1.87. The number of carbonyl (C=O) groups excluding carboxylic acids is 1. The topological polar surface area (TPSA) is 60.4 Å². The molecule has 1 fully saturated rings. The van der Waals surface area contributed by atoms with Gasteiger partial charge in [0.1, 0.15) is 5.75 Å². The van der Waals surface area contributed by atoms with Crippen LogP contribution in [0.1, 0.15) is 23.6 Å². The minimum Gasteiger partial charge on any atom is -0.496 e. The number of nitrogens with zero attached hydrogens (tertiary/aromatic N) is 2. The highest BCUT2D eigenvalue weighted by Crippen LogP contribution is 2.36. The van der Waals surface area contributed by atoms with Crippen LogP contribution in [0.4, 0.5) is 0 Å². The summed E-state index contributed by atoms with van der Waals surface area (Å²) < 4.78 is 16.0. The summed E-state index contributed by atoms with van der Waals surface area (Å²) >= 11 is 0. The van der Waals surface area contributed by atoms with E-state index in [0.717, 1.165) is 5.56 Å². The Kier molecular flexibility index (Phi) is 4.88. The molecule has 0 saturated carbocycles. The van der Waals surface area contributed by atoms with E-state index >= 15 is 0 Å². The third kappa shape index (κ3) is 3.28. The van der Waals surface area contributed by atoms with Crippen LogP contribution >= 0.6 is 0 Å². The van der Waals surface area contributed by atoms with Crippen LogP contribution < -0.4 is 14.2 Å². The van der Waals surface area contributed by atoms with Gasteiger partial charge in [0.25, 0.3) is 0 Å². The van der Waals surface area contributed by atoms with Gasteiger partial charge < -0.3 is 14.2 Å². The molecule has 2 aromatic carbocycles. The van der Waals surface area contributed by atoms with Gasteiger partial charge in [-0.25, -0.2) is 5.01 Å². The molecule has 1 heterocycles. The SMILES string of the molecule is COc1cc(OC)c(OC)cc1/C=N\N1C(=O)C[C@@H]1c1ccccc1. The lowest BCUT2D eigenvalue weighted by molar-refractivity contribution is -0.146. The second-order valence-electron chi connectivity index (χ2n) is 5.56. The number of ether oxygens (including phenoxy) is 3. The predicted octanol–water partition coefficient (Wildman–Crippen LogP) is 3.02. The average Bonchev–Trinajstić information content (AvgIpc) is 2.66. The first kappa shape index (κ1) is 16.8. The van der Waals surface area contributed by atoms with Crippen molar-refractivity contribution < 1.29 is 19.0 Å². The van der Waals surface area contributed by atoms with Gasteiger partial charge in [0.05, 0.1) is 40.0 Å². The lowest BCUT2D eigenvalue weighted by Crippen LogP contribution is -2.42. The quantitative estimate of drug-likeness (QED) is 0.599. The molecule has 6 nitrogen and oxygen atoms in total. The minimum atomic E-state index is -0.0314. The van der Waals surface area contributed by atoms with Gasteiger partial charge in [0.15, 0.2) is 11.5 Å². The number of rotatable bonds is 6. The van der Waals surface area contributed by atoms with E-state index in [4.69, 9.17) is 14.2 Å². The number of hydrogen-bond donors (Lipinski definition) is 0. The summed E-state index contributed by atoms with van der Waals surface area (Å²) in [5, 5.41) is 5.85. The van der Waals surface area contributed by atoms with E-state index in [1.807, 2.05) is 30.3 Å². The molecule has 0 aliphatic carbocycles. The Morgan fingerprint density at radius 3 is 2.24 bits per heavy atom. The number of carbonyl (C=O) groups is 1. The zero-order valence-electron chi connectivity index (χ0n) is 14.4. The molecule has 0 unspecified atom stereocenters. The number of β-lactam (4-membered cyclic amide) rings is 1. The molecule has 2 aromatic rings. The predicted molar refractivity (Wildman–Crippen MR) is 94.3 cm³/mol. The van der Waals surface area contributed by atoms with Gasteiger partial charge >= 0.3 is 0 Å². The van der Waals surface area contributed by atoms with Crippen molar-refractivity contribution in [3.05, 3.63) is 53.6 Å². The fourth-order valence-corrected chi connectivity index (χ4v) is 2.76. The molecule has 0 radical (unpaired) electrons. The van der Waals surface area contributed by atoms with E-state index in [2.05, 4.69) is 5.10 Å². The summed E-state index contributed by atoms with van der Waals surface area (Å²) in [6, 6.07) is 13.3. The molecule has 1 aliphatic rings. The molecule has 25 heavy (non-hydrogen) atoms. The zero-order valence-corrected chi connectivity index (χ0v) is 14.4. The highest BCUT2D eigenvalue weighted by atomic mass is 16.5. The molecule has 6 heteroatoms. The molecule has 3 rings (SSSR count). The molecule has 130 valence electrons. The van der Waals surface area contributed by atoms with E-state index in [-0.39, 0.29) is 11.9 Å². The smallest absolute Gasteiger partial charge is 0.245 e. The van der Waals surface area contributed by atoms with E-state index < -0.39 is 0 Å². The summed E-state index contributed by atoms with van der Waals surface area (Å²) in [7, 11) is 4.70. The largest absolute Gasteiger partial charge is 0.496 e. The number of hydrogen-bond acceptors (Lipinski definition) is 5. The first-order chi connectivity index (χ1) is 12.2. The summed E-state index contributed by atoms with van der Waals surface area (Å²) in [5.41, 5.74) is 1.77. The molecule has 1 saturated heterocycles.